The Labute approximate surface area is 159 Å². The molecule has 0 aliphatic heterocycles. The molecule has 0 amide bonds. The summed E-state index contributed by atoms with van der Waals surface area (Å²) in [4.78, 5) is 13.0. The molecule has 0 heterocycles. The van der Waals surface area contributed by atoms with Gasteiger partial charge in [0.05, 0.1) is 14.2 Å². The summed E-state index contributed by atoms with van der Waals surface area (Å²) in [5.74, 6) is 1.24. The molecular formula is C21H34O4P+. The summed E-state index contributed by atoms with van der Waals surface area (Å²) in [5, 5.41) is 0. The second kappa shape index (κ2) is 10.1. The Morgan fingerprint density at radius 2 is 1.69 bits per heavy atom. The van der Waals surface area contributed by atoms with Crippen molar-refractivity contribution in [2.75, 3.05) is 14.2 Å². The SMILES string of the molecule is CCCC(CC(C)CC(C)(C)C)[P+](=O)C(=O)c1c(OC)cccc1OC. The molecule has 26 heavy (non-hydrogen) atoms. The lowest BCUT2D eigenvalue weighted by atomic mass is 9.83. The number of methoxy groups -OCH3 is 2. The van der Waals surface area contributed by atoms with E-state index in [-0.39, 0.29) is 16.6 Å². The smallest absolute Gasteiger partial charge is 0.423 e. The highest BCUT2D eigenvalue weighted by Gasteiger charge is 2.42. The second-order valence-electron chi connectivity index (χ2n) is 8.22. The quantitative estimate of drug-likeness (QED) is 0.446. The Balaban J connectivity index is 3.07. The van der Waals surface area contributed by atoms with E-state index < -0.39 is 7.80 Å². The van der Waals surface area contributed by atoms with Gasteiger partial charge in [-0.2, -0.15) is 0 Å². The van der Waals surface area contributed by atoms with Gasteiger partial charge in [0.2, 0.25) is 0 Å². The van der Waals surface area contributed by atoms with Crippen LogP contribution in [0, 0.1) is 11.3 Å². The van der Waals surface area contributed by atoms with Crippen molar-refractivity contribution in [3.8, 4) is 11.5 Å². The zero-order valence-electron chi connectivity index (χ0n) is 17.3. The van der Waals surface area contributed by atoms with Gasteiger partial charge in [0.15, 0.2) is 11.2 Å². The van der Waals surface area contributed by atoms with Crippen LogP contribution >= 0.6 is 7.80 Å². The van der Waals surface area contributed by atoms with Crippen LogP contribution in [-0.4, -0.2) is 25.4 Å². The first-order chi connectivity index (χ1) is 12.1. The van der Waals surface area contributed by atoms with Crippen LogP contribution < -0.4 is 9.47 Å². The van der Waals surface area contributed by atoms with Crippen LogP contribution in [0.2, 0.25) is 0 Å². The predicted molar refractivity (Wildman–Crippen MR) is 108 cm³/mol. The monoisotopic (exact) mass is 381 g/mol. The summed E-state index contributed by atoms with van der Waals surface area (Å²) in [6.45, 7) is 10.9. The van der Waals surface area contributed by atoms with Crippen LogP contribution in [0.25, 0.3) is 0 Å². The zero-order valence-corrected chi connectivity index (χ0v) is 18.2. The van der Waals surface area contributed by atoms with Crippen molar-refractivity contribution < 1.29 is 18.8 Å². The highest BCUT2D eigenvalue weighted by molar-refractivity contribution is 7.65. The first kappa shape index (κ1) is 22.6. The third-order valence-corrected chi connectivity index (χ3v) is 6.19. The van der Waals surface area contributed by atoms with Gasteiger partial charge in [-0.3, -0.25) is 0 Å². The minimum atomic E-state index is -2.05. The Morgan fingerprint density at radius 1 is 1.15 bits per heavy atom. The summed E-state index contributed by atoms with van der Waals surface area (Å²) in [5.41, 5.74) is 0.0332. The van der Waals surface area contributed by atoms with Gasteiger partial charge in [0.1, 0.15) is 11.5 Å². The lowest BCUT2D eigenvalue weighted by Crippen LogP contribution is -2.17. The third kappa shape index (κ3) is 6.39. The van der Waals surface area contributed by atoms with Crippen molar-refractivity contribution in [2.45, 2.75) is 66.0 Å². The van der Waals surface area contributed by atoms with Gasteiger partial charge in [-0.15, -0.1) is 0 Å². The molecule has 146 valence electrons. The fraction of sp³-hybridized carbons (Fsp3) is 0.667. The van der Waals surface area contributed by atoms with Gasteiger partial charge in [-0.25, -0.2) is 4.79 Å². The van der Waals surface area contributed by atoms with E-state index in [9.17, 15) is 9.36 Å². The first-order valence-corrected chi connectivity index (χ1v) is 10.7. The molecule has 0 N–H and O–H groups in total. The van der Waals surface area contributed by atoms with E-state index in [2.05, 4.69) is 34.6 Å². The van der Waals surface area contributed by atoms with Gasteiger partial charge < -0.3 is 9.47 Å². The Bertz CT molecular complexity index is 597. The fourth-order valence-corrected chi connectivity index (χ4v) is 5.41. The molecule has 0 bridgehead atoms. The Morgan fingerprint density at radius 3 is 2.12 bits per heavy atom. The normalized spacial score (nSPS) is 14.5. The van der Waals surface area contributed by atoms with Crippen LogP contribution in [-0.2, 0) is 4.57 Å². The summed E-state index contributed by atoms with van der Waals surface area (Å²) >= 11 is 0. The molecule has 0 fully saturated rings. The lowest BCUT2D eigenvalue weighted by molar-refractivity contribution is 0.107. The van der Waals surface area contributed by atoms with Gasteiger partial charge >= 0.3 is 13.3 Å². The molecule has 1 rings (SSSR count). The van der Waals surface area contributed by atoms with E-state index in [0.717, 1.165) is 25.7 Å². The predicted octanol–water partition coefficient (Wildman–Crippen LogP) is 6.30. The summed E-state index contributed by atoms with van der Waals surface area (Å²) < 4.78 is 23.8. The molecular weight excluding hydrogens is 347 g/mol. The number of benzene rings is 1. The van der Waals surface area contributed by atoms with Gasteiger partial charge in [0, 0.05) is 0 Å². The molecule has 4 nitrogen and oxygen atoms in total. The highest BCUT2D eigenvalue weighted by Crippen LogP contribution is 2.44. The molecule has 1 aromatic rings. The van der Waals surface area contributed by atoms with E-state index in [4.69, 9.17) is 9.47 Å². The van der Waals surface area contributed by atoms with Crippen molar-refractivity contribution in [1.82, 2.24) is 0 Å². The van der Waals surface area contributed by atoms with E-state index >= 15 is 0 Å². The molecule has 0 aliphatic rings. The van der Waals surface area contributed by atoms with Crippen molar-refractivity contribution in [3.63, 3.8) is 0 Å². The van der Waals surface area contributed by atoms with Crippen LogP contribution in [0.5, 0.6) is 11.5 Å². The summed E-state index contributed by atoms with van der Waals surface area (Å²) in [7, 11) is 0.961. The number of rotatable bonds is 10. The maximum Gasteiger partial charge on any atom is 0.423 e. The van der Waals surface area contributed by atoms with E-state index in [0.29, 0.717) is 23.0 Å². The molecule has 3 atom stereocenters. The minimum absolute atomic E-state index is 0.116. The van der Waals surface area contributed by atoms with Crippen molar-refractivity contribution in [1.29, 1.82) is 0 Å². The van der Waals surface area contributed by atoms with Crippen LogP contribution in [0.15, 0.2) is 18.2 Å². The fourth-order valence-electron chi connectivity index (χ4n) is 3.60. The van der Waals surface area contributed by atoms with Gasteiger partial charge in [-0.1, -0.05) is 51.7 Å². The molecule has 0 saturated carbocycles. The lowest BCUT2D eigenvalue weighted by Gasteiger charge is -2.23. The van der Waals surface area contributed by atoms with Crippen molar-refractivity contribution >= 4 is 13.3 Å². The third-order valence-electron chi connectivity index (χ3n) is 4.43. The minimum Gasteiger partial charge on any atom is -0.496 e. The highest BCUT2D eigenvalue weighted by atomic mass is 31.1. The number of ether oxygens (including phenoxy) is 2. The molecule has 0 aromatic heterocycles. The standard InChI is InChI=1S/C21H34O4P/c1-8-10-16(13-15(2)14-21(3,4)5)26(23)20(22)19-17(24-6)11-9-12-18(19)25-7/h9,11-12,15-16H,8,10,13-14H2,1-7H3/q+1. The number of hydrogen-bond donors (Lipinski definition) is 0. The van der Waals surface area contributed by atoms with Crippen molar-refractivity contribution in [3.05, 3.63) is 23.8 Å². The number of carbonyl (C=O) groups is 1. The molecule has 3 unspecified atom stereocenters. The molecule has 0 aliphatic carbocycles. The van der Waals surface area contributed by atoms with Crippen LogP contribution in [0.1, 0.15) is 70.7 Å². The van der Waals surface area contributed by atoms with Gasteiger partial charge in [-0.05, 0) is 42.7 Å². The average Bonchev–Trinajstić information content (AvgIpc) is 2.57. The molecule has 0 spiro atoms. The number of carbonyl (C=O) groups excluding carboxylic acids is 1. The molecule has 1 aromatic carbocycles. The zero-order chi connectivity index (χ0) is 19.9. The van der Waals surface area contributed by atoms with E-state index in [1.54, 1.807) is 18.2 Å². The Hall–Kier alpha value is -1.41. The number of hydrogen-bond acceptors (Lipinski definition) is 4. The van der Waals surface area contributed by atoms with Crippen LogP contribution in [0.3, 0.4) is 0 Å². The molecule has 0 radical (unpaired) electrons. The van der Waals surface area contributed by atoms with Crippen LogP contribution in [0.4, 0.5) is 0 Å². The largest absolute Gasteiger partial charge is 0.496 e. The van der Waals surface area contributed by atoms with E-state index in [1.165, 1.54) is 14.2 Å². The van der Waals surface area contributed by atoms with E-state index in [1.807, 2.05) is 0 Å². The topological polar surface area (TPSA) is 52.6 Å². The van der Waals surface area contributed by atoms with Gasteiger partial charge in [0.25, 0.3) is 0 Å². The maximum atomic E-state index is 13.2. The summed E-state index contributed by atoms with van der Waals surface area (Å²) in [6.07, 6.45) is 3.53. The first-order valence-electron chi connectivity index (χ1n) is 9.36. The van der Waals surface area contributed by atoms with Crippen molar-refractivity contribution in [2.24, 2.45) is 11.3 Å². The summed E-state index contributed by atoms with van der Waals surface area (Å²) in [6, 6.07) is 5.17. The Kier molecular flexibility index (Phi) is 8.76. The molecule has 5 heteroatoms. The second-order valence-corrected chi connectivity index (χ2v) is 10.0. The molecule has 0 saturated heterocycles. The average molecular weight is 381 g/mol. The maximum absolute atomic E-state index is 13.2.